The van der Waals surface area contributed by atoms with E-state index in [1.807, 2.05) is 12.1 Å². The number of fused-ring (bicyclic) bond motifs is 3. The molecular formula is C29H36N6O3. The topological polar surface area (TPSA) is 122 Å². The van der Waals surface area contributed by atoms with E-state index in [0.717, 1.165) is 92.4 Å². The van der Waals surface area contributed by atoms with Crippen LogP contribution in [0.4, 0.5) is 5.82 Å². The summed E-state index contributed by atoms with van der Waals surface area (Å²) in [6, 6.07) is 8.45. The van der Waals surface area contributed by atoms with Gasteiger partial charge in [-0.1, -0.05) is 12.1 Å². The lowest BCUT2D eigenvalue weighted by Crippen LogP contribution is -2.44. The Labute approximate surface area is 222 Å². The van der Waals surface area contributed by atoms with Crippen molar-refractivity contribution in [1.82, 2.24) is 19.4 Å². The molecule has 1 aromatic carbocycles. The first-order valence-electron chi connectivity index (χ1n) is 14.0. The second kappa shape index (κ2) is 9.24. The normalized spacial score (nSPS) is 30.6. The maximum Gasteiger partial charge on any atom is 0.234 e. The Morgan fingerprint density at radius 2 is 2.03 bits per heavy atom. The first-order valence-corrected chi connectivity index (χ1v) is 14.0. The third kappa shape index (κ3) is 4.12. The lowest BCUT2D eigenvalue weighted by atomic mass is 9.79. The van der Waals surface area contributed by atoms with Gasteiger partial charge in [-0.15, -0.1) is 0 Å². The largest absolute Gasteiger partial charge is 0.491 e. The van der Waals surface area contributed by atoms with Gasteiger partial charge >= 0.3 is 0 Å². The molecule has 9 nitrogen and oxygen atoms in total. The highest BCUT2D eigenvalue weighted by molar-refractivity contribution is 6.00. The van der Waals surface area contributed by atoms with E-state index >= 15 is 0 Å². The molecule has 1 amide bonds. The quantitative estimate of drug-likeness (QED) is 0.468. The van der Waals surface area contributed by atoms with Gasteiger partial charge in [0.05, 0.1) is 17.5 Å². The minimum absolute atomic E-state index is 0.106. The van der Waals surface area contributed by atoms with Crippen molar-refractivity contribution in [3.05, 3.63) is 36.8 Å². The standard InChI is InChI=1S/C29H36N6O3/c30-26-25-23(19-3-1-4-22(13-19)37-16-29-8-6-21(38-29)7-9-29)15-35(28(25)33-17-32-26)20-11-18(12-20)14-34-10-2-5-24(34)27(31)36/h1,3-4,13,15,17-18,20-21,24H,2,5-12,14,16H2,(H2,31,36)(H2,30,32,33)/t18-,20+,21?,24-,29?/m1/s1. The van der Waals surface area contributed by atoms with Crippen LogP contribution in [0, 0.1) is 5.92 Å². The molecule has 2 aromatic heterocycles. The number of nitrogen functional groups attached to an aromatic ring is 1. The van der Waals surface area contributed by atoms with Crippen LogP contribution in [-0.4, -0.2) is 62.8 Å². The Balaban J connectivity index is 1.10. The molecule has 0 radical (unpaired) electrons. The van der Waals surface area contributed by atoms with Crippen molar-refractivity contribution in [3.8, 4) is 16.9 Å². The predicted octanol–water partition coefficient (Wildman–Crippen LogP) is 3.67. The van der Waals surface area contributed by atoms with Crippen molar-refractivity contribution in [3.63, 3.8) is 0 Å². The fourth-order valence-corrected chi connectivity index (χ4v) is 7.23. The van der Waals surface area contributed by atoms with E-state index in [4.69, 9.17) is 20.9 Å². The number of primary amides is 1. The van der Waals surface area contributed by atoms with Gasteiger partial charge in [-0.2, -0.15) is 0 Å². The van der Waals surface area contributed by atoms with E-state index in [-0.39, 0.29) is 17.6 Å². The second-order valence-corrected chi connectivity index (χ2v) is 11.8. The van der Waals surface area contributed by atoms with Gasteiger partial charge in [0.2, 0.25) is 5.91 Å². The number of hydrogen-bond acceptors (Lipinski definition) is 7. The number of nitrogens with two attached hydrogens (primary N) is 2. The number of benzene rings is 1. The van der Waals surface area contributed by atoms with E-state index in [1.54, 1.807) is 6.33 Å². The van der Waals surface area contributed by atoms with E-state index in [9.17, 15) is 4.79 Å². The summed E-state index contributed by atoms with van der Waals surface area (Å²) in [4.78, 5) is 23.0. The van der Waals surface area contributed by atoms with Crippen LogP contribution in [0.5, 0.6) is 5.75 Å². The summed E-state index contributed by atoms with van der Waals surface area (Å²) in [5.74, 6) is 1.68. The van der Waals surface area contributed by atoms with Crippen LogP contribution in [0.1, 0.15) is 57.4 Å². The van der Waals surface area contributed by atoms with Crippen molar-refractivity contribution in [2.45, 2.75) is 75.2 Å². The first kappa shape index (κ1) is 23.9. The molecule has 1 aliphatic carbocycles. The molecule has 3 aliphatic heterocycles. The summed E-state index contributed by atoms with van der Waals surface area (Å²) in [5.41, 5.74) is 14.9. The summed E-state index contributed by atoms with van der Waals surface area (Å²) in [6.45, 7) is 2.48. The molecule has 3 aromatic rings. The molecule has 4 aliphatic rings. The van der Waals surface area contributed by atoms with Gasteiger partial charge in [-0.25, -0.2) is 9.97 Å². The van der Waals surface area contributed by atoms with E-state index in [2.05, 4.69) is 37.8 Å². The zero-order valence-corrected chi connectivity index (χ0v) is 21.7. The van der Waals surface area contributed by atoms with Crippen LogP contribution in [-0.2, 0) is 9.53 Å². The molecule has 3 saturated heterocycles. The number of ether oxygens (including phenoxy) is 2. The average Bonchev–Trinajstić information content (AvgIpc) is 3.68. The van der Waals surface area contributed by atoms with Gasteiger partial charge in [0, 0.05) is 24.3 Å². The summed E-state index contributed by atoms with van der Waals surface area (Å²) in [6.07, 6.45) is 12.6. The Morgan fingerprint density at radius 1 is 1.18 bits per heavy atom. The molecule has 0 unspecified atom stereocenters. The minimum atomic E-state index is -0.194. The predicted molar refractivity (Wildman–Crippen MR) is 144 cm³/mol. The van der Waals surface area contributed by atoms with Crippen molar-refractivity contribution in [1.29, 1.82) is 0 Å². The van der Waals surface area contributed by atoms with Gasteiger partial charge in [0.15, 0.2) is 0 Å². The summed E-state index contributed by atoms with van der Waals surface area (Å²) >= 11 is 0. The van der Waals surface area contributed by atoms with E-state index in [0.29, 0.717) is 30.5 Å². The molecule has 38 heavy (non-hydrogen) atoms. The SMILES string of the molecule is NC(=O)[C@H]1CCCN1C[C@H]1C[C@@H](n2cc(-c3cccc(OCC45CCC(CC4)O5)c3)c3c(N)ncnc32)C1. The zero-order valence-electron chi connectivity index (χ0n) is 21.7. The smallest absolute Gasteiger partial charge is 0.234 e. The number of hydrogen-bond donors (Lipinski definition) is 2. The molecular weight excluding hydrogens is 480 g/mol. The molecule has 0 spiro atoms. The first-order chi connectivity index (χ1) is 18.5. The summed E-state index contributed by atoms with van der Waals surface area (Å²) in [7, 11) is 0. The Bertz CT molecular complexity index is 1360. The van der Waals surface area contributed by atoms with Gasteiger partial charge in [0.25, 0.3) is 0 Å². The molecule has 9 heteroatoms. The average molecular weight is 517 g/mol. The lowest BCUT2D eigenvalue weighted by Gasteiger charge is -2.39. The summed E-state index contributed by atoms with van der Waals surface area (Å²) in [5, 5.41) is 0.887. The van der Waals surface area contributed by atoms with Crippen molar-refractivity contribution < 1.29 is 14.3 Å². The van der Waals surface area contributed by atoms with Crippen LogP contribution in [0.25, 0.3) is 22.2 Å². The fraction of sp³-hybridized carbons (Fsp3) is 0.552. The van der Waals surface area contributed by atoms with E-state index in [1.165, 1.54) is 0 Å². The highest BCUT2D eigenvalue weighted by atomic mass is 16.6. The summed E-state index contributed by atoms with van der Waals surface area (Å²) < 4.78 is 14.7. The Morgan fingerprint density at radius 3 is 2.79 bits per heavy atom. The van der Waals surface area contributed by atoms with Gasteiger partial charge < -0.3 is 25.5 Å². The van der Waals surface area contributed by atoms with Crippen molar-refractivity contribution >= 4 is 22.8 Å². The van der Waals surface area contributed by atoms with Gasteiger partial charge in [-0.3, -0.25) is 9.69 Å². The van der Waals surface area contributed by atoms with Gasteiger partial charge in [0.1, 0.15) is 35.7 Å². The van der Waals surface area contributed by atoms with Crippen LogP contribution in [0.15, 0.2) is 36.8 Å². The van der Waals surface area contributed by atoms with Crippen molar-refractivity contribution in [2.75, 3.05) is 25.4 Å². The third-order valence-corrected chi connectivity index (χ3v) is 9.34. The van der Waals surface area contributed by atoms with Crippen LogP contribution in [0.3, 0.4) is 0 Å². The van der Waals surface area contributed by atoms with Crippen LogP contribution < -0.4 is 16.2 Å². The molecule has 4 N–H and O–H groups in total. The highest BCUT2D eigenvalue weighted by Gasteiger charge is 2.46. The molecule has 5 heterocycles. The van der Waals surface area contributed by atoms with E-state index < -0.39 is 0 Å². The number of amides is 1. The molecule has 1 atom stereocenters. The number of nitrogens with zero attached hydrogens (tertiary/aromatic N) is 4. The molecule has 1 saturated carbocycles. The number of aromatic nitrogens is 3. The fourth-order valence-electron chi connectivity index (χ4n) is 7.23. The highest BCUT2D eigenvalue weighted by Crippen LogP contribution is 2.45. The monoisotopic (exact) mass is 516 g/mol. The Hall–Kier alpha value is -3.17. The lowest BCUT2D eigenvalue weighted by molar-refractivity contribution is -0.122. The second-order valence-electron chi connectivity index (χ2n) is 11.8. The number of rotatable bonds is 8. The van der Waals surface area contributed by atoms with Crippen LogP contribution >= 0.6 is 0 Å². The molecule has 7 rings (SSSR count). The molecule has 4 fully saturated rings. The molecule has 200 valence electrons. The number of carbonyl (C=O) groups excluding carboxylic acids is 1. The molecule has 2 bridgehead atoms. The Kier molecular flexibility index (Phi) is 5.81. The van der Waals surface area contributed by atoms with Gasteiger partial charge in [-0.05, 0) is 81.5 Å². The minimum Gasteiger partial charge on any atom is -0.491 e. The zero-order chi connectivity index (χ0) is 25.9. The number of carbonyl (C=O) groups is 1. The maximum absolute atomic E-state index is 11.8. The number of likely N-dealkylation sites (tertiary alicyclic amines) is 1. The maximum atomic E-state index is 11.8. The number of anilines is 1. The van der Waals surface area contributed by atoms with Crippen molar-refractivity contribution in [2.24, 2.45) is 11.7 Å². The third-order valence-electron chi connectivity index (χ3n) is 9.34. The van der Waals surface area contributed by atoms with Crippen LogP contribution in [0.2, 0.25) is 0 Å².